The van der Waals surface area contributed by atoms with E-state index < -0.39 is 6.23 Å². The number of aliphatic hydroxyl groups excluding tert-OH is 1. The van der Waals surface area contributed by atoms with Crippen molar-refractivity contribution >= 4 is 29.0 Å². The van der Waals surface area contributed by atoms with Crippen molar-refractivity contribution in [3.05, 3.63) is 171 Å². The summed E-state index contributed by atoms with van der Waals surface area (Å²) < 4.78 is 18.9. The monoisotopic (exact) mass is 982 g/mol. The molecule has 0 spiro atoms. The summed E-state index contributed by atoms with van der Waals surface area (Å²) in [7, 11) is 0. The van der Waals surface area contributed by atoms with Gasteiger partial charge in [-0.3, -0.25) is 9.69 Å². The van der Waals surface area contributed by atoms with Crippen LogP contribution in [0.1, 0.15) is 93.2 Å². The lowest BCUT2D eigenvalue weighted by Crippen LogP contribution is -2.48. The van der Waals surface area contributed by atoms with Gasteiger partial charge in [-0.2, -0.15) is 5.10 Å². The molecule has 8 rings (SSSR count). The van der Waals surface area contributed by atoms with Gasteiger partial charge in [0.1, 0.15) is 12.3 Å². The molecule has 1 saturated heterocycles. The van der Waals surface area contributed by atoms with E-state index in [0.717, 1.165) is 133 Å². The summed E-state index contributed by atoms with van der Waals surface area (Å²) in [6, 6.07) is 25.1. The van der Waals surface area contributed by atoms with E-state index in [4.69, 9.17) is 24.7 Å². The van der Waals surface area contributed by atoms with Gasteiger partial charge in [-0.15, -0.1) is 11.3 Å². The summed E-state index contributed by atoms with van der Waals surface area (Å²) in [6.07, 6.45) is 21.3. The molecule has 12 nitrogen and oxygen atoms in total. The molecular formula is C58H75N7O5S. The molecule has 4 aromatic rings. The van der Waals surface area contributed by atoms with Crippen molar-refractivity contribution in [2.24, 2.45) is 22.7 Å². The third-order valence-electron chi connectivity index (χ3n) is 14.5. The van der Waals surface area contributed by atoms with Crippen LogP contribution in [0.5, 0.6) is 0 Å². The lowest BCUT2D eigenvalue weighted by Gasteiger charge is -2.41. The third kappa shape index (κ3) is 13.8. The number of nitrogens with zero attached hydrogens (tertiary/aromatic N) is 5. The van der Waals surface area contributed by atoms with Gasteiger partial charge < -0.3 is 39.8 Å². The molecule has 5 unspecified atom stereocenters. The molecule has 0 bridgehead atoms. The van der Waals surface area contributed by atoms with Crippen LogP contribution in [-0.4, -0.2) is 96.6 Å². The molecule has 4 aliphatic rings. The Kier molecular flexibility index (Phi) is 18.9. The van der Waals surface area contributed by atoms with Crippen LogP contribution in [0.15, 0.2) is 159 Å². The van der Waals surface area contributed by atoms with E-state index in [-0.39, 0.29) is 30.3 Å². The Morgan fingerprint density at radius 2 is 1.92 bits per heavy atom. The molecular weight excluding hydrogens is 907 g/mol. The van der Waals surface area contributed by atoms with Crippen molar-refractivity contribution in [2.45, 2.75) is 103 Å². The van der Waals surface area contributed by atoms with E-state index in [1.165, 1.54) is 21.6 Å². The topological polar surface area (TPSA) is 132 Å². The number of carbonyl (C=O) groups excluding carboxylic acids is 1. The van der Waals surface area contributed by atoms with Crippen molar-refractivity contribution in [3.63, 3.8) is 0 Å². The highest BCUT2D eigenvalue weighted by molar-refractivity contribution is 7.09. The smallest absolute Gasteiger partial charge is 0.208 e. The first kappa shape index (κ1) is 51.5. The largest absolute Gasteiger partial charge is 0.488 e. The number of anilines is 1. The molecule has 2 aromatic carbocycles. The second kappa shape index (κ2) is 26.0. The highest BCUT2D eigenvalue weighted by Gasteiger charge is 2.36. The number of nitrogens with two attached hydrogens (primary N) is 1. The molecule has 0 radical (unpaired) electrons. The zero-order valence-corrected chi connectivity index (χ0v) is 42.9. The van der Waals surface area contributed by atoms with E-state index in [9.17, 15) is 9.90 Å². The number of hydrazone groups is 1. The summed E-state index contributed by atoms with van der Waals surface area (Å²) >= 11 is 1.75. The van der Waals surface area contributed by atoms with Gasteiger partial charge in [0.2, 0.25) is 12.0 Å². The Hall–Kier alpha value is -5.86. The zero-order chi connectivity index (χ0) is 49.4. The molecule has 13 heteroatoms. The van der Waals surface area contributed by atoms with Gasteiger partial charge in [-0.05, 0) is 124 Å². The molecule has 2 aromatic heterocycles. The van der Waals surface area contributed by atoms with Crippen molar-refractivity contribution < 1.29 is 23.8 Å². The number of allylic oxidation sites excluding steroid dienone is 5. The number of nitrogens with one attached hydrogen (secondary N) is 1. The fourth-order valence-corrected chi connectivity index (χ4v) is 11.2. The molecule has 0 amide bonds. The van der Waals surface area contributed by atoms with Crippen molar-refractivity contribution in [3.8, 4) is 0 Å². The van der Waals surface area contributed by atoms with Crippen LogP contribution in [-0.2, 0) is 33.8 Å². The van der Waals surface area contributed by atoms with E-state index in [0.29, 0.717) is 17.4 Å². The maximum atomic E-state index is 14.9. The van der Waals surface area contributed by atoms with Crippen molar-refractivity contribution in [1.82, 2.24) is 20.0 Å². The van der Waals surface area contributed by atoms with Crippen LogP contribution in [0.25, 0.3) is 0 Å². The van der Waals surface area contributed by atoms with E-state index in [1.54, 1.807) is 28.8 Å². The molecule has 2 aliphatic carbocycles. The highest BCUT2D eigenvalue weighted by Crippen LogP contribution is 2.38. The predicted molar refractivity (Wildman–Crippen MR) is 286 cm³/mol. The molecule has 378 valence electrons. The van der Waals surface area contributed by atoms with Gasteiger partial charge in [0.25, 0.3) is 0 Å². The Morgan fingerprint density at radius 1 is 1.06 bits per heavy atom. The minimum atomic E-state index is -1.05. The van der Waals surface area contributed by atoms with Crippen LogP contribution in [0.3, 0.4) is 0 Å². The van der Waals surface area contributed by atoms with Gasteiger partial charge in [0, 0.05) is 87.0 Å². The Labute approximate surface area is 425 Å². The number of aliphatic hydroxyl groups is 1. The minimum Gasteiger partial charge on any atom is -0.488 e. The summed E-state index contributed by atoms with van der Waals surface area (Å²) in [5.74, 6) is 1.39. The SMILES string of the molecule is C/C=C\C(=C/N)CO/C1=C(N(CC)CCNCc2cccs2)/C=C/CC(C)C(CCCc2cccc(C3CCCC(OC4=C(N5CCN(Cc6ccoc6)CC5)C=NN(c5ccccc5)C4O)C3)c2)C1=O. The molecule has 71 heavy (non-hydrogen) atoms. The molecule has 4 N–H and O–H groups in total. The lowest BCUT2D eigenvalue weighted by molar-refractivity contribution is -0.124. The number of thiophene rings is 1. The number of para-hydroxylation sites is 1. The van der Waals surface area contributed by atoms with Crippen LogP contribution in [0, 0.1) is 11.8 Å². The van der Waals surface area contributed by atoms with Gasteiger partial charge in [0.05, 0.1) is 36.2 Å². The van der Waals surface area contributed by atoms with Gasteiger partial charge >= 0.3 is 0 Å². The fraction of sp³-hybridized carbons (Fsp3) is 0.448. The molecule has 4 heterocycles. The number of ether oxygens (including phenoxy) is 2. The van der Waals surface area contributed by atoms with Crippen LogP contribution >= 0.6 is 11.3 Å². The van der Waals surface area contributed by atoms with Crippen molar-refractivity contribution in [1.29, 1.82) is 0 Å². The van der Waals surface area contributed by atoms with E-state index in [2.05, 4.69) is 87.8 Å². The lowest BCUT2D eigenvalue weighted by atomic mass is 9.80. The second-order valence-electron chi connectivity index (χ2n) is 19.3. The quantitative estimate of drug-likeness (QED) is 0.0514. The Balaban J connectivity index is 0.928. The number of ketones is 1. The second-order valence-corrected chi connectivity index (χ2v) is 20.4. The standard InChI is InChI=1S/C58H75N7O5S/c1-4-14-45(37-59)42-69-56-53(63(5-2)28-27-60-38-51-23-13-34-71-51)25-9-15-43(3)52(55(56)66)24-11-17-44-16-10-18-47(35-44)48-19-12-22-50(36-48)70-57-54(39-61-65(58(57)67)49-20-7-6-8-21-49)64-31-29-62(30-32-64)40-46-26-33-68-41-46/h4,6-10,13-14,16,18,20-21,23,25-26,33-35,37,39,41,43,48,50,52,58,60,67H,5,11-12,15,17,19,22,24,27-32,36,38,40,42,59H2,1-3H3/b14-4-,25-9+,45-37+,56-53-. The average molecular weight is 982 g/mol. The van der Waals surface area contributed by atoms with Crippen LogP contribution in [0.4, 0.5) is 5.69 Å². The number of likely N-dealkylation sites (N-methyl/N-ethyl adjacent to an activating group) is 1. The fourth-order valence-electron chi connectivity index (χ4n) is 10.5. The van der Waals surface area contributed by atoms with E-state index >= 15 is 0 Å². The predicted octanol–water partition coefficient (Wildman–Crippen LogP) is 10.1. The molecule has 2 fully saturated rings. The van der Waals surface area contributed by atoms with Gasteiger partial charge in [0.15, 0.2) is 11.5 Å². The summed E-state index contributed by atoms with van der Waals surface area (Å²) in [6.45, 7) is 13.8. The average Bonchev–Trinajstić information content (AvgIpc) is 4.13. The number of rotatable bonds is 22. The zero-order valence-electron chi connectivity index (χ0n) is 42.0. The first-order chi connectivity index (χ1) is 34.8. The van der Waals surface area contributed by atoms with Gasteiger partial charge in [-0.25, -0.2) is 5.01 Å². The number of hydrogen-bond acceptors (Lipinski definition) is 13. The minimum absolute atomic E-state index is 0.0562. The number of Topliss-reactive ketones (excluding diaryl/α,β-unsaturated/α-hetero) is 1. The highest BCUT2D eigenvalue weighted by atomic mass is 32.1. The number of hydrogen-bond donors (Lipinski definition) is 3. The first-order valence-corrected chi connectivity index (χ1v) is 26.8. The van der Waals surface area contributed by atoms with Crippen LogP contribution in [0.2, 0.25) is 0 Å². The van der Waals surface area contributed by atoms with E-state index in [1.807, 2.05) is 68.0 Å². The summed E-state index contributed by atoms with van der Waals surface area (Å²) in [5.41, 5.74) is 13.1. The number of aryl methyl sites for hydroxylation is 1. The molecule has 1 saturated carbocycles. The number of piperazine rings is 1. The maximum absolute atomic E-state index is 14.9. The molecule has 2 aliphatic heterocycles. The van der Waals surface area contributed by atoms with Gasteiger partial charge in [-0.1, -0.05) is 73.7 Å². The van der Waals surface area contributed by atoms with Crippen LogP contribution < -0.4 is 16.1 Å². The number of carbonyl (C=O) groups is 1. The van der Waals surface area contributed by atoms with Crippen molar-refractivity contribution in [2.75, 3.05) is 57.4 Å². The Bertz CT molecular complexity index is 2470. The normalized spacial score (nSPS) is 24.1. The maximum Gasteiger partial charge on any atom is 0.208 e. The Morgan fingerprint density at radius 3 is 2.68 bits per heavy atom. The first-order valence-electron chi connectivity index (χ1n) is 25.9. The molecule has 5 atom stereocenters. The summed E-state index contributed by atoms with van der Waals surface area (Å²) in [4.78, 5) is 23.2. The number of benzene rings is 2. The number of furan rings is 1. The third-order valence-corrected chi connectivity index (χ3v) is 15.3. The summed E-state index contributed by atoms with van der Waals surface area (Å²) in [5, 5.41) is 24.2.